The molecule has 1 aliphatic heterocycles. The molecular formula is C14H16N4O2. The van der Waals surface area contributed by atoms with E-state index in [2.05, 4.69) is 10.1 Å². The number of carbonyl (C=O) groups excluding carboxylic acids is 1. The first kappa shape index (κ1) is 12.8. The molecule has 6 heteroatoms. The normalized spacial score (nSPS) is 19.1. The molecule has 0 aliphatic carbocycles. The number of pyridine rings is 1. The van der Waals surface area contributed by atoms with Crippen molar-refractivity contribution in [2.75, 3.05) is 19.7 Å². The molecule has 0 saturated carbocycles. The van der Waals surface area contributed by atoms with Crippen LogP contribution in [0.5, 0.6) is 0 Å². The second-order valence-electron chi connectivity index (χ2n) is 4.71. The van der Waals surface area contributed by atoms with Crippen LogP contribution < -0.4 is 0 Å². The van der Waals surface area contributed by atoms with Gasteiger partial charge in [0.2, 0.25) is 0 Å². The first-order chi connectivity index (χ1) is 9.75. The van der Waals surface area contributed by atoms with E-state index in [0.29, 0.717) is 25.4 Å². The summed E-state index contributed by atoms with van der Waals surface area (Å²) >= 11 is 0. The lowest BCUT2D eigenvalue weighted by molar-refractivity contribution is -0.0250. The molecule has 0 aromatic carbocycles. The summed E-state index contributed by atoms with van der Waals surface area (Å²) in [6.07, 6.45) is 3.20. The number of rotatable bonds is 2. The molecule has 6 nitrogen and oxygen atoms in total. The lowest BCUT2D eigenvalue weighted by Gasteiger charge is -2.32. The van der Waals surface area contributed by atoms with E-state index in [4.69, 9.17) is 4.74 Å². The number of morpholine rings is 1. The van der Waals surface area contributed by atoms with Gasteiger partial charge in [0.1, 0.15) is 11.8 Å². The molecule has 0 radical (unpaired) electrons. The molecule has 3 heterocycles. The fourth-order valence-electron chi connectivity index (χ4n) is 2.32. The summed E-state index contributed by atoms with van der Waals surface area (Å²) < 4.78 is 7.30. The second-order valence-corrected chi connectivity index (χ2v) is 4.71. The fourth-order valence-corrected chi connectivity index (χ4v) is 2.32. The van der Waals surface area contributed by atoms with Crippen molar-refractivity contribution in [1.82, 2.24) is 19.7 Å². The summed E-state index contributed by atoms with van der Waals surface area (Å²) in [4.78, 5) is 18.5. The Morgan fingerprint density at radius 1 is 1.35 bits per heavy atom. The van der Waals surface area contributed by atoms with Crippen molar-refractivity contribution in [2.45, 2.75) is 6.10 Å². The van der Waals surface area contributed by atoms with E-state index in [1.807, 2.05) is 18.2 Å². The van der Waals surface area contributed by atoms with Crippen LogP contribution in [0, 0.1) is 0 Å². The number of ether oxygens (including phenoxy) is 1. The predicted octanol–water partition coefficient (Wildman–Crippen LogP) is 1.03. The highest BCUT2D eigenvalue weighted by atomic mass is 16.5. The Bertz CT molecular complexity index is 596. The molecule has 1 amide bonds. The summed E-state index contributed by atoms with van der Waals surface area (Å²) in [7, 11) is 1.77. The van der Waals surface area contributed by atoms with E-state index >= 15 is 0 Å². The average molecular weight is 272 g/mol. The molecule has 1 aliphatic rings. The van der Waals surface area contributed by atoms with E-state index in [-0.39, 0.29) is 12.0 Å². The fraction of sp³-hybridized carbons (Fsp3) is 0.357. The van der Waals surface area contributed by atoms with Crippen LogP contribution in [0.1, 0.15) is 22.3 Å². The molecule has 1 fully saturated rings. The molecule has 1 atom stereocenters. The predicted molar refractivity (Wildman–Crippen MR) is 72.0 cm³/mol. The highest BCUT2D eigenvalue weighted by molar-refractivity contribution is 5.92. The van der Waals surface area contributed by atoms with Crippen LogP contribution in [-0.4, -0.2) is 45.3 Å². The second kappa shape index (κ2) is 5.42. The Balaban J connectivity index is 1.76. The zero-order chi connectivity index (χ0) is 13.9. The van der Waals surface area contributed by atoms with Crippen molar-refractivity contribution in [3.05, 3.63) is 48.0 Å². The van der Waals surface area contributed by atoms with Crippen LogP contribution in [0.3, 0.4) is 0 Å². The Hall–Kier alpha value is -2.21. The summed E-state index contributed by atoms with van der Waals surface area (Å²) in [6, 6.07) is 7.44. The van der Waals surface area contributed by atoms with Gasteiger partial charge in [-0.25, -0.2) is 0 Å². The Morgan fingerprint density at radius 3 is 2.95 bits per heavy atom. The molecule has 0 bridgehead atoms. The average Bonchev–Trinajstić information content (AvgIpc) is 2.94. The maximum atomic E-state index is 12.4. The zero-order valence-corrected chi connectivity index (χ0v) is 11.3. The van der Waals surface area contributed by atoms with Crippen molar-refractivity contribution in [2.24, 2.45) is 7.05 Å². The van der Waals surface area contributed by atoms with Gasteiger partial charge in [-0.3, -0.25) is 14.5 Å². The maximum Gasteiger partial charge on any atom is 0.272 e. The lowest BCUT2D eigenvalue weighted by Crippen LogP contribution is -2.43. The van der Waals surface area contributed by atoms with E-state index in [9.17, 15) is 4.79 Å². The minimum atomic E-state index is -0.165. The van der Waals surface area contributed by atoms with Crippen LogP contribution in [0.2, 0.25) is 0 Å². The van der Waals surface area contributed by atoms with Gasteiger partial charge in [0.05, 0.1) is 18.8 Å². The van der Waals surface area contributed by atoms with Gasteiger partial charge < -0.3 is 9.64 Å². The smallest absolute Gasteiger partial charge is 0.272 e. The van der Waals surface area contributed by atoms with Gasteiger partial charge in [0.25, 0.3) is 5.91 Å². The first-order valence-corrected chi connectivity index (χ1v) is 6.55. The minimum Gasteiger partial charge on any atom is -0.368 e. The molecule has 104 valence electrons. The topological polar surface area (TPSA) is 60.2 Å². The van der Waals surface area contributed by atoms with Crippen molar-refractivity contribution >= 4 is 5.91 Å². The van der Waals surface area contributed by atoms with Crippen molar-refractivity contribution < 1.29 is 9.53 Å². The Labute approximate surface area is 117 Å². The molecule has 2 aromatic rings. The Morgan fingerprint density at radius 2 is 2.25 bits per heavy atom. The highest BCUT2D eigenvalue weighted by Gasteiger charge is 2.27. The summed E-state index contributed by atoms with van der Waals surface area (Å²) in [5.74, 6) is -0.0192. The van der Waals surface area contributed by atoms with Crippen LogP contribution in [0.25, 0.3) is 0 Å². The standard InChI is InChI=1S/C14H16N4O2/c1-17-12(5-7-16-17)14(19)18-8-9-20-13(10-18)11-4-2-3-6-15-11/h2-7,13H,8-10H2,1H3. The number of hydrogen-bond donors (Lipinski definition) is 0. The third kappa shape index (κ3) is 2.42. The molecule has 2 aromatic heterocycles. The van der Waals surface area contributed by atoms with Crippen LogP contribution in [0.15, 0.2) is 36.7 Å². The number of aromatic nitrogens is 3. The van der Waals surface area contributed by atoms with Crippen LogP contribution >= 0.6 is 0 Å². The molecule has 1 unspecified atom stereocenters. The van der Waals surface area contributed by atoms with Gasteiger partial charge in [0.15, 0.2) is 0 Å². The third-order valence-electron chi connectivity index (χ3n) is 3.41. The van der Waals surface area contributed by atoms with Crippen LogP contribution in [-0.2, 0) is 11.8 Å². The molecule has 0 N–H and O–H groups in total. The van der Waals surface area contributed by atoms with Crippen molar-refractivity contribution in [3.8, 4) is 0 Å². The first-order valence-electron chi connectivity index (χ1n) is 6.55. The van der Waals surface area contributed by atoms with Gasteiger partial charge in [-0.05, 0) is 18.2 Å². The summed E-state index contributed by atoms with van der Waals surface area (Å²) in [6.45, 7) is 1.62. The molecular weight excluding hydrogens is 256 g/mol. The summed E-state index contributed by atoms with van der Waals surface area (Å²) in [5.41, 5.74) is 1.45. The maximum absolute atomic E-state index is 12.4. The number of aryl methyl sites for hydroxylation is 1. The Kier molecular flexibility index (Phi) is 3.47. The van der Waals surface area contributed by atoms with Gasteiger partial charge in [0, 0.05) is 26.0 Å². The largest absolute Gasteiger partial charge is 0.368 e. The van der Waals surface area contributed by atoms with E-state index in [1.165, 1.54) is 0 Å². The van der Waals surface area contributed by atoms with E-state index in [0.717, 1.165) is 5.69 Å². The van der Waals surface area contributed by atoms with Gasteiger partial charge in [-0.1, -0.05) is 6.07 Å². The van der Waals surface area contributed by atoms with Gasteiger partial charge in [-0.15, -0.1) is 0 Å². The monoisotopic (exact) mass is 272 g/mol. The van der Waals surface area contributed by atoms with E-state index in [1.54, 1.807) is 35.1 Å². The molecule has 0 spiro atoms. The number of hydrogen-bond acceptors (Lipinski definition) is 4. The zero-order valence-electron chi connectivity index (χ0n) is 11.3. The molecule has 3 rings (SSSR count). The highest BCUT2D eigenvalue weighted by Crippen LogP contribution is 2.21. The number of nitrogens with zero attached hydrogens (tertiary/aromatic N) is 4. The number of amides is 1. The molecule has 20 heavy (non-hydrogen) atoms. The van der Waals surface area contributed by atoms with Crippen molar-refractivity contribution in [3.63, 3.8) is 0 Å². The SMILES string of the molecule is Cn1nccc1C(=O)N1CCOC(c2ccccn2)C1. The van der Waals surface area contributed by atoms with Crippen LogP contribution in [0.4, 0.5) is 0 Å². The van der Waals surface area contributed by atoms with E-state index < -0.39 is 0 Å². The molecule has 1 saturated heterocycles. The van der Waals surface area contributed by atoms with Gasteiger partial charge in [-0.2, -0.15) is 5.10 Å². The van der Waals surface area contributed by atoms with Gasteiger partial charge >= 0.3 is 0 Å². The van der Waals surface area contributed by atoms with Crippen molar-refractivity contribution in [1.29, 1.82) is 0 Å². The lowest BCUT2D eigenvalue weighted by atomic mass is 10.2. The summed E-state index contributed by atoms with van der Waals surface area (Å²) in [5, 5.41) is 4.04. The minimum absolute atomic E-state index is 0.0192. The third-order valence-corrected chi connectivity index (χ3v) is 3.41. The number of carbonyl (C=O) groups is 1. The quantitative estimate of drug-likeness (QED) is 0.819.